The molecule has 0 atom stereocenters. The number of amides is 4. The number of rotatable bonds is 5. The first-order valence-electron chi connectivity index (χ1n) is 10.7. The minimum absolute atomic E-state index is 0.0165. The summed E-state index contributed by atoms with van der Waals surface area (Å²) in [6.07, 6.45) is 4.30. The Morgan fingerprint density at radius 1 is 1.03 bits per heavy atom. The lowest BCUT2D eigenvalue weighted by Crippen LogP contribution is -2.48. The molecule has 0 aromatic heterocycles. The van der Waals surface area contributed by atoms with Crippen LogP contribution in [-0.2, 0) is 16.0 Å². The van der Waals surface area contributed by atoms with Gasteiger partial charge in [0.05, 0.1) is 6.54 Å². The molecule has 0 aliphatic carbocycles. The third-order valence-corrected chi connectivity index (χ3v) is 5.92. The monoisotopic (exact) mass is 400 g/mol. The van der Waals surface area contributed by atoms with Crippen LogP contribution in [-0.4, -0.2) is 72.3 Å². The highest BCUT2D eigenvalue weighted by atomic mass is 16.2. The minimum Gasteiger partial charge on any atom is -0.336 e. The molecule has 1 aromatic carbocycles. The predicted molar refractivity (Wildman–Crippen MR) is 113 cm³/mol. The topological polar surface area (TPSA) is 73.0 Å². The van der Waals surface area contributed by atoms with Crippen LogP contribution < -0.4 is 5.32 Å². The number of hydrogen-bond donors (Lipinski definition) is 1. The summed E-state index contributed by atoms with van der Waals surface area (Å²) in [4.78, 5) is 42.9. The fourth-order valence-corrected chi connectivity index (χ4v) is 4.17. The molecular weight excluding hydrogens is 368 g/mol. The van der Waals surface area contributed by atoms with Gasteiger partial charge in [0.2, 0.25) is 11.8 Å². The van der Waals surface area contributed by atoms with Gasteiger partial charge < -0.3 is 20.0 Å². The van der Waals surface area contributed by atoms with Crippen molar-refractivity contribution in [1.29, 1.82) is 0 Å². The molecule has 0 spiro atoms. The van der Waals surface area contributed by atoms with Crippen LogP contribution in [0.25, 0.3) is 0 Å². The minimum atomic E-state index is -0.191. The van der Waals surface area contributed by atoms with E-state index in [-0.39, 0.29) is 30.3 Å². The third kappa shape index (κ3) is 5.28. The highest BCUT2D eigenvalue weighted by Gasteiger charge is 2.32. The molecule has 0 radical (unpaired) electrons. The summed E-state index contributed by atoms with van der Waals surface area (Å²) in [5.41, 5.74) is 1.87. The molecule has 2 aliphatic heterocycles. The standard InChI is InChI=1S/C22H32N4O3/c1-3-17-8-4-5-9-19(17)23-20(27)16-24(2)21(28)18-10-14-26(15-11-18)22(29)25-12-6-7-13-25/h4-5,8-9,18H,3,6-7,10-16H2,1-2H3,(H,23,27). The van der Waals surface area contributed by atoms with Crippen LogP contribution in [0.3, 0.4) is 0 Å². The predicted octanol–water partition coefficient (Wildman–Crippen LogP) is 2.57. The molecule has 29 heavy (non-hydrogen) atoms. The van der Waals surface area contributed by atoms with E-state index in [0.717, 1.165) is 43.6 Å². The maximum atomic E-state index is 12.8. The molecule has 2 aliphatic rings. The third-order valence-electron chi connectivity index (χ3n) is 5.92. The summed E-state index contributed by atoms with van der Waals surface area (Å²) >= 11 is 0. The zero-order valence-corrected chi connectivity index (χ0v) is 17.5. The number of carbonyl (C=O) groups excluding carboxylic acids is 3. The zero-order chi connectivity index (χ0) is 20.8. The molecule has 7 heteroatoms. The number of nitrogens with zero attached hydrogens (tertiary/aromatic N) is 3. The molecule has 7 nitrogen and oxygen atoms in total. The molecule has 2 heterocycles. The van der Waals surface area contributed by atoms with Gasteiger partial charge in [0, 0.05) is 44.8 Å². The van der Waals surface area contributed by atoms with E-state index in [2.05, 4.69) is 5.32 Å². The number of urea groups is 1. The van der Waals surface area contributed by atoms with Crippen LogP contribution in [0, 0.1) is 5.92 Å². The molecule has 2 saturated heterocycles. The normalized spacial score (nSPS) is 17.3. The molecule has 1 aromatic rings. The van der Waals surface area contributed by atoms with Crippen molar-refractivity contribution in [2.45, 2.75) is 39.0 Å². The Morgan fingerprint density at radius 2 is 1.66 bits per heavy atom. The summed E-state index contributed by atoms with van der Waals surface area (Å²) in [5, 5.41) is 2.91. The average Bonchev–Trinajstić information content (AvgIpc) is 3.28. The first kappa shape index (κ1) is 21.1. The highest BCUT2D eigenvalue weighted by Crippen LogP contribution is 2.22. The smallest absolute Gasteiger partial charge is 0.319 e. The summed E-state index contributed by atoms with van der Waals surface area (Å²) < 4.78 is 0. The second-order valence-corrected chi connectivity index (χ2v) is 7.99. The highest BCUT2D eigenvalue weighted by molar-refractivity contribution is 5.95. The maximum Gasteiger partial charge on any atom is 0.319 e. The van der Waals surface area contributed by atoms with Gasteiger partial charge in [-0.2, -0.15) is 0 Å². The fraction of sp³-hybridized carbons (Fsp3) is 0.591. The van der Waals surface area contributed by atoms with Crippen molar-refractivity contribution >= 4 is 23.5 Å². The second kappa shape index (κ2) is 9.76. The van der Waals surface area contributed by atoms with Crippen LogP contribution in [0.2, 0.25) is 0 Å². The summed E-state index contributed by atoms with van der Waals surface area (Å²) in [6, 6.07) is 7.81. The van der Waals surface area contributed by atoms with E-state index in [1.54, 1.807) is 7.05 Å². The van der Waals surface area contributed by atoms with Gasteiger partial charge in [-0.05, 0) is 43.7 Å². The van der Waals surface area contributed by atoms with Gasteiger partial charge >= 0.3 is 6.03 Å². The Balaban J connectivity index is 1.46. The number of nitrogens with one attached hydrogen (secondary N) is 1. The second-order valence-electron chi connectivity index (χ2n) is 7.99. The van der Waals surface area contributed by atoms with Crippen LogP contribution >= 0.6 is 0 Å². The number of para-hydroxylation sites is 1. The molecule has 0 saturated carbocycles. The molecule has 1 N–H and O–H groups in total. The van der Waals surface area contributed by atoms with Gasteiger partial charge in [-0.15, -0.1) is 0 Å². The quantitative estimate of drug-likeness (QED) is 0.826. The van der Waals surface area contributed by atoms with E-state index in [1.807, 2.05) is 41.0 Å². The van der Waals surface area contributed by atoms with E-state index in [0.29, 0.717) is 25.9 Å². The maximum absolute atomic E-state index is 12.8. The first-order valence-corrected chi connectivity index (χ1v) is 10.7. The van der Waals surface area contributed by atoms with Crippen molar-refractivity contribution in [3.8, 4) is 0 Å². The van der Waals surface area contributed by atoms with E-state index >= 15 is 0 Å². The van der Waals surface area contributed by atoms with Crippen molar-refractivity contribution in [2.24, 2.45) is 5.92 Å². The lowest BCUT2D eigenvalue weighted by molar-refractivity contribution is -0.138. The molecule has 3 rings (SSSR count). The van der Waals surface area contributed by atoms with Gasteiger partial charge in [-0.25, -0.2) is 4.79 Å². The molecular formula is C22H32N4O3. The summed E-state index contributed by atoms with van der Waals surface area (Å²) in [5.74, 6) is -0.334. The zero-order valence-electron chi connectivity index (χ0n) is 17.5. The number of likely N-dealkylation sites (N-methyl/N-ethyl adjacent to an activating group) is 1. The number of hydrogen-bond acceptors (Lipinski definition) is 3. The summed E-state index contributed by atoms with van der Waals surface area (Å²) in [7, 11) is 1.68. The van der Waals surface area contributed by atoms with Gasteiger partial charge in [-0.3, -0.25) is 9.59 Å². The van der Waals surface area contributed by atoms with Crippen LogP contribution in [0.5, 0.6) is 0 Å². The Bertz CT molecular complexity index is 737. The van der Waals surface area contributed by atoms with E-state index < -0.39 is 0 Å². The number of carbonyl (C=O) groups is 3. The lowest BCUT2D eigenvalue weighted by Gasteiger charge is -2.35. The van der Waals surface area contributed by atoms with Crippen LogP contribution in [0.15, 0.2) is 24.3 Å². The van der Waals surface area contributed by atoms with Crippen molar-refractivity contribution in [1.82, 2.24) is 14.7 Å². The van der Waals surface area contributed by atoms with Crippen molar-refractivity contribution in [3.63, 3.8) is 0 Å². The largest absolute Gasteiger partial charge is 0.336 e. The van der Waals surface area contributed by atoms with Crippen LogP contribution in [0.4, 0.5) is 10.5 Å². The Kier molecular flexibility index (Phi) is 7.12. The van der Waals surface area contributed by atoms with E-state index in [4.69, 9.17) is 0 Å². The fourth-order valence-electron chi connectivity index (χ4n) is 4.17. The SMILES string of the molecule is CCc1ccccc1NC(=O)CN(C)C(=O)C1CCN(C(=O)N2CCCC2)CC1. The number of benzene rings is 1. The first-order chi connectivity index (χ1) is 14.0. The number of piperidine rings is 1. The Morgan fingerprint density at radius 3 is 2.31 bits per heavy atom. The van der Waals surface area contributed by atoms with Crippen molar-refractivity contribution in [2.75, 3.05) is 45.1 Å². The summed E-state index contributed by atoms with van der Waals surface area (Å²) in [6.45, 7) is 4.98. The van der Waals surface area contributed by atoms with Crippen molar-refractivity contribution in [3.05, 3.63) is 29.8 Å². The number of likely N-dealkylation sites (tertiary alicyclic amines) is 2. The van der Waals surface area contributed by atoms with Gasteiger partial charge in [0.15, 0.2) is 0 Å². The van der Waals surface area contributed by atoms with E-state index in [1.165, 1.54) is 4.90 Å². The van der Waals surface area contributed by atoms with Crippen LogP contribution in [0.1, 0.15) is 38.2 Å². The molecule has 158 valence electrons. The van der Waals surface area contributed by atoms with Gasteiger partial charge in [0.25, 0.3) is 0 Å². The Labute approximate surface area is 173 Å². The molecule has 0 bridgehead atoms. The van der Waals surface area contributed by atoms with Gasteiger partial charge in [-0.1, -0.05) is 25.1 Å². The molecule has 0 unspecified atom stereocenters. The molecule has 2 fully saturated rings. The molecule has 4 amide bonds. The average molecular weight is 401 g/mol. The number of aryl methyl sites for hydroxylation is 1. The lowest BCUT2D eigenvalue weighted by atomic mass is 9.95. The Hall–Kier alpha value is -2.57. The van der Waals surface area contributed by atoms with Crippen molar-refractivity contribution < 1.29 is 14.4 Å². The van der Waals surface area contributed by atoms with E-state index in [9.17, 15) is 14.4 Å². The van der Waals surface area contributed by atoms with Gasteiger partial charge in [0.1, 0.15) is 0 Å². The number of anilines is 1.